The van der Waals surface area contributed by atoms with Crippen LogP contribution in [-0.2, 0) is 4.74 Å². The summed E-state index contributed by atoms with van der Waals surface area (Å²) in [6.45, 7) is -0.427. The zero-order chi connectivity index (χ0) is 17.9. The number of nitrogens with zero attached hydrogens (tertiary/aromatic N) is 6. The number of hydrogen-bond acceptors (Lipinski definition) is 11. The van der Waals surface area contributed by atoms with Crippen LogP contribution in [0.4, 0.5) is 5.82 Å². The van der Waals surface area contributed by atoms with Crippen molar-refractivity contribution in [1.82, 2.24) is 19.7 Å². The van der Waals surface area contributed by atoms with Crippen molar-refractivity contribution in [2.75, 3.05) is 24.9 Å². The molecule has 0 saturated carbocycles. The number of hydrazone groups is 1. The number of nitrogens with two attached hydrogens (primary N) is 1. The van der Waals surface area contributed by atoms with Gasteiger partial charge in [-0.2, -0.15) is 10.2 Å². The molecule has 11 nitrogen and oxygen atoms in total. The summed E-state index contributed by atoms with van der Waals surface area (Å²) in [6.07, 6.45) is -2.61. The molecule has 1 saturated heterocycles. The molecule has 0 radical (unpaired) electrons. The molecule has 0 bridgehead atoms. The third-order valence-electron chi connectivity index (χ3n) is 4.26. The van der Waals surface area contributed by atoms with E-state index in [0.29, 0.717) is 27.7 Å². The van der Waals surface area contributed by atoms with Crippen LogP contribution in [0, 0.1) is 0 Å². The van der Waals surface area contributed by atoms with Crippen LogP contribution in [0.25, 0.3) is 11.0 Å². The Morgan fingerprint density at radius 1 is 1.28 bits per heavy atom. The average Bonchev–Trinajstić information content (AvgIpc) is 3.12. The van der Waals surface area contributed by atoms with Crippen molar-refractivity contribution in [3.05, 3.63) is 5.69 Å². The fourth-order valence-corrected chi connectivity index (χ4v) is 3.38. The predicted molar refractivity (Wildman–Crippen MR) is 89.2 cm³/mol. The number of anilines is 1. The highest BCUT2D eigenvalue weighted by atomic mass is 32.2. The first kappa shape index (κ1) is 16.5. The molecule has 2 aliphatic heterocycles. The van der Waals surface area contributed by atoms with Crippen molar-refractivity contribution in [3.8, 4) is 0 Å². The van der Waals surface area contributed by atoms with Crippen LogP contribution in [0.1, 0.15) is 11.9 Å². The van der Waals surface area contributed by atoms with Crippen LogP contribution in [0.5, 0.6) is 0 Å². The van der Waals surface area contributed by atoms with E-state index in [1.807, 2.05) is 6.26 Å². The maximum Gasteiger partial charge on any atom is 0.191 e. The molecule has 25 heavy (non-hydrogen) atoms. The minimum atomic E-state index is -1.28. The molecule has 1 fully saturated rings. The Morgan fingerprint density at radius 2 is 2.04 bits per heavy atom. The minimum absolute atomic E-state index is 0.186. The molecule has 134 valence electrons. The van der Waals surface area contributed by atoms with Crippen LogP contribution >= 0.6 is 11.8 Å². The molecule has 2 aliphatic rings. The highest BCUT2D eigenvalue weighted by molar-refractivity contribution is 7.98. The standard InChI is InChI=1S/C13H17N7O4S/c1-19-10-5-6(9(14)18-19)17-20(11(5)16-13(15-10)25-2)12-8(23)7(22)4(3-21)24-12/h4,7-8,12,21-23H,3H2,1-2H3,(H2,14,18)/t4-,7-,8-,12-/m1/s1. The van der Waals surface area contributed by atoms with Gasteiger partial charge in [-0.25, -0.2) is 19.7 Å². The molecule has 4 atom stereocenters. The molecular weight excluding hydrogens is 350 g/mol. The van der Waals surface area contributed by atoms with E-state index in [-0.39, 0.29) is 5.84 Å². The van der Waals surface area contributed by atoms with Gasteiger partial charge in [0.05, 0.1) is 12.0 Å². The molecule has 0 amide bonds. The first-order valence-electron chi connectivity index (χ1n) is 7.51. The number of thioether (sulfide) groups is 1. The average molecular weight is 367 g/mol. The van der Waals surface area contributed by atoms with E-state index in [1.54, 1.807) is 7.05 Å². The maximum absolute atomic E-state index is 10.3. The van der Waals surface area contributed by atoms with Crippen LogP contribution in [-0.4, -0.2) is 79.1 Å². The Morgan fingerprint density at radius 3 is 2.68 bits per heavy atom. The number of aromatic nitrogens is 4. The minimum Gasteiger partial charge on any atom is -0.394 e. The van der Waals surface area contributed by atoms with Gasteiger partial charge in [-0.3, -0.25) is 0 Å². The second-order valence-corrected chi connectivity index (χ2v) is 6.54. The molecule has 0 spiro atoms. The van der Waals surface area contributed by atoms with E-state index < -0.39 is 31.1 Å². The number of hydrogen-bond donors (Lipinski definition) is 4. The van der Waals surface area contributed by atoms with Crippen molar-refractivity contribution in [2.45, 2.75) is 29.7 Å². The lowest BCUT2D eigenvalue weighted by atomic mass is 10.1. The molecule has 12 heteroatoms. The van der Waals surface area contributed by atoms with Gasteiger partial charge in [-0.05, 0) is 6.26 Å². The topological polar surface area (TPSA) is 155 Å². The summed E-state index contributed by atoms with van der Waals surface area (Å²) >= 11 is 1.34. The first-order valence-corrected chi connectivity index (χ1v) is 8.73. The van der Waals surface area contributed by atoms with Gasteiger partial charge < -0.3 is 25.8 Å². The highest BCUT2D eigenvalue weighted by Gasteiger charge is 2.45. The zero-order valence-corrected chi connectivity index (χ0v) is 14.3. The van der Waals surface area contributed by atoms with Gasteiger partial charge in [0.2, 0.25) is 0 Å². The van der Waals surface area contributed by atoms with E-state index in [0.717, 1.165) is 0 Å². The summed E-state index contributed by atoms with van der Waals surface area (Å²) in [4.78, 5) is 8.90. The molecule has 4 heterocycles. The summed E-state index contributed by atoms with van der Waals surface area (Å²) in [5.74, 6) is 0.725. The molecule has 2 aromatic heterocycles. The molecule has 0 aromatic carbocycles. The van der Waals surface area contributed by atoms with E-state index in [2.05, 4.69) is 20.2 Å². The lowest BCUT2D eigenvalue weighted by Gasteiger charge is -2.18. The molecule has 0 unspecified atom stereocenters. The third kappa shape index (κ3) is 2.29. The van der Waals surface area contributed by atoms with Crippen molar-refractivity contribution < 1.29 is 20.1 Å². The van der Waals surface area contributed by atoms with E-state index >= 15 is 0 Å². The monoisotopic (exact) mass is 367 g/mol. The SMILES string of the molecule is CSc1nc2c3c(nn([C@@H]4O[C@H](CO)[C@@H](O)[C@H]4O)c3n1)C(N)=NN2C. The summed E-state index contributed by atoms with van der Waals surface area (Å²) in [5, 5.41) is 40.8. The van der Waals surface area contributed by atoms with Crippen molar-refractivity contribution in [3.63, 3.8) is 0 Å². The van der Waals surface area contributed by atoms with Gasteiger partial charge in [0.1, 0.15) is 24.0 Å². The van der Waals surface area contributed by atoms with Gasteiger partial charge in [-0.15, -0.1) is 0 Å². The van der Waals surface area contributed by atoms with E-state index in [1.165, 1.54) is 21.5 Å². The number of rotatable bonds is 3. The van der Waals surface area contributed by atoms with E-state index in [9.17, 15) is 15.3 Å². The van der Waals surface area contributed by atoms with Crippen molar-refractivity contribution in [1.29, 1.82) is 0 Å². The Labute approximate surface area is 146 Å². The number of aliphatic hydroxyl groups excluding tert-OH is 3. The van der Waals surface area contributed by atoms with Gasteiger partial charge >= 0.3 is 0 Å². The van der Waals surface area contributed by atoms with Gasteiger partial charge in [0, 0.05) is 7.05 Å². The van der Waals surface area contributed by atoms with Gasteiger partial charge in [-0.1, -0.05) is 11.8 Å². The zero-order valence-electron chi connectivity index (χ0n) is 13.4. The summed E-state index contributed by atoms with van der Waals surface area (Å²) < 4.78 is 6.93. The number of aliphatic hydroxyl groups is 3. The Hall–Kier alpha value is -1.99. The normalized spacial score (nSPS) is 28.7. The maximum atomic E-state index is 10.3. The second-order valence-electron chi connectivity index (χ2n) is 5.76. The lowest BCUT2D eigenvalue weighted by molar-refractivity contribution is -0.0567. The van der Waals surface area contributed by atoms with Crippen molar-refractivity contribution >= 4 is 34.4 Å². The Balaban J connectivity index is 1.93. The largest absolute Gasteiger partial charge is 0.394 e. The smallest absolute Gasteiger partial charge is 0.191 e. The Kier molecular flexibility index (Phi) is 3.81. The van der Waals surface area contributed by atoms with Crippen LogP contribution in [0.3, 0.4) is 0 Å². The fourth-order valence-electron chi connectivity index (χ4n) is 3.02. The fraction of sp³-hybridized carbons (Fsp3) is 0.538. The quantitative estimate of drug-likeness (QED) is 0.362. The molecular formula is C13H17N7O4S. The molecule has 5 N–H and O–H groups in total. The van der Waals surface area contributed by atoms with E-state index in [4.69, 9.17) is 10.5 Å². The van der Waals surface area contributed by atoms with Gasteiger partial charge in [0.25, 0.3) is 0 Å². The van der Waals surface area contributed by atoms with Crippen molar-refractivity contribution in [2.24, 2.45) is 10.8 Å². The first-order chi connectivity index (χ1) is 12.0. The van der Waals surface area contributed by atoms with Crippen LogP contribution in [0.15, 0.2) is 10.3 Å². The van der Waals surface area contributed by atoms with Gasteiger partial charge in [0.15, 0.2) is 28.7 Å². The third-order valence-corrected chi connectivity index (χ3v) is 4.81. The molecule has 2 aromatic rings. The highest BCUT2D eigenvalue weighted by Crippen LogP contribution is 2.36. The molecule has 0 aliphatic carbocycles. The molecule has 4 rings (SSSR count). The lowest BCUT2D eigenvalue weighted by Crippen LogP contribution is -2.33. The number of amidine groups is 1. The number of ether oxygens (including phenoxy) is 1. The second kappa shape index (κ2) is 5.78. The van der Waals surface area contributed by atoms with Crippen LogP contribution < -0.4 is 10.7 Å². The summed E-state index contributed by atoms with van der Waals surface area (Å²) in [7, 11) is 1.71. The van der Waals surface area contributed by atoms with Crippen LogP contribution in [0.2, 0.25) is 0 Å². The predicted octanol–water partition coefficient (Wildman–Crippen LogP) is -1.77. The summed E-state index contributed by atoms with van der Waals surface area (Å²) in [5.41, 5.74) is 6.76. The summed E-state index contributed by atoms with van der Waals surface area (Å²) in [6, 6.07) is 0. The Bertz CT molecular complexity index is 872.